The lowest BCUT2D eigenvalue weighted by molar-refractivity contribution is -0.121. The first kappa shape index (κ1) is 16.8. The van der Waals surface area contributed by atoms with Crippen LogP contribution >= 0.6 is 0 Å². The van der Waals surface area contributed by atoms with E-state index in [0.717, 1.165) is 13.1 Å². The number of rotatable bonds is 7. The smallest absolute Gasteiger partial charge is 0.250 e. The number of hydrogen-bond acceptors (Lipinski definition) is 3. The van der Waals surface area contributed by atoms with Crippen molar-refractivity contribution in [3.05, 3.63) is 64.6 Å². The molecule has 1 amide bonds. The van der Waals surface area contributed by atoms with Gasteiger partial charge >= 0.3 is 0 Å². The zero-order valence-corrected chi connectivity index (χ0v) is 13.7. The number of aryl methyl sites for hydroxylation is 1. The van der Waals surface area contributed by atoms with Crippen LogP contribution in [0.15, 0.2) is 53.5 Å². The number of nitrogens with zero attached hydrogens (tertiary/aromatic N) is 2. The molecule has 1 aromatic carbocycles. The number of carbonyl (C=O) groups is 1. The Morgan fingerprint density at radius 2 is 1.91 bits per heavy atom. The second-order valence-electron chi connectivity index (χ2n) is 5.38. The summed E-state index contributed by atoms with van der Waals surface area (Å²) in [5.41, 5.74) is 2.23. The maximum atomic E-state index is 11.9. The summed E-state index contributed by atoms with van der Waals surface area (Å²) >= 11 is 0. The number of para-hydroxylation sites is 1. The Bertz CT molecular complexity index is 709. The van der Waals surface area contributed by atoms with Crippen LogP contribution in [0.4, 0.5) is 5.69 Å². The zero-order chi connectivity index (χ0) is 16.7. The van der Waals surface area contributed by atoms with Crippen molar-refractivity contribution in [2.75, 3.05) is 24.5 Å². The molecule has 0 aliphatic rings. The van der Waals surface area contributed by atoms with Crippen molar-refractivity contribution >= 4 is 11.6 Å². The Morgan fingerprint density at radius 1 is 1.17 bits per heavy atom. The molecule has 0 spiro atoms. The Labute approximate surface area is 136 Å². The van der Waals surface area contributed by atoms with Gasteiger partial charge in [0.05, 0.1) is 0 Å². The third-order valence-electron chi connectivity index (χ3n) is 3.75. The molecule has 0 radical (unpaired) electrons. The number of nitrogens with one attached hydrogen (secondary N) is 1. The van der Waals surface area contributed by atoms with Gasteiger partial charge in [0.1, 0.15) is 6.54 Å². The van der Waals surface area contributed by atoms with Gasteiger partial charge in [0.25, 0.3) is 5.56 Å². The fraction of sp³-hybridized carbons (Fsp3) is 0.333. The van der Waals surface area contributed by atoms with Crippen molar-refractivity contribution in [2.24, 2.45) is 0 Å². The molecule has 1 heterocycles. The van der Waals surface area contributed by atoms with Crippen LogP contribution in [0.3, 0.4) is 0 Å². The molecule has 5 heteroatoms. The summed E-state index contributed by atoms with van der Waals surface area (Å²) in [5, 5.41) is 2.87. The Morgan fingerprint density at radius 3 is 2.61 bits per heavy atom. The number of benzene rings is 1. The number of aromatic nitrogens is 1. The van der Waals surface area contributed by atoms with Crippen molar-refractivity contribution in [3.63, 3.8) is 0 Å². The lowest BCUT2D eigenvalue weighted by atomic mass is 10.2. The predicted octanol–water partition coefficient (Wildman–Crippen LogP) is 1.80. The van der Waals surface area contributed by atoms with Crippen LogP contribution in [0.5, 0.6) is 0 Å². The van der Waals surface area contributed by atoms with E-state index < -0.39 is 0 Å². The molecule has 0 saturated heterocycles. The minimum atomic E-state index is -0.169. The van der Waals surface area contributed by atoms with Gasteiger partial charge in [-0.2, -0.15) is 0 Å². The third kappa shape index (κ3) is 4.71. The van der Waals surface area contributed by atoms with E-state index in [1.807, 2.05) is 12.1 Å². The largest absolute Gasteiger partial charge is 0.370 e. The Hall–Kier alpha value is -2.56. The van der Waals surface area contributed by atoms with Gasteiger partial charge in [0, 0.05) is 37.6 Å². The standard InChI is InChI=1S/C18H23N3O2/c1-3-20(16-9-5-4-8-15(16)2)13-11-19-17(22)14-21-12-7-6-10-18(21)23/h4-10,12H,3,11,13-14H2,1-2H3,(H,19,22). The molecule has 0 aliphatic carbocycles. The van der Waals surface area contributed by atoms with Crippen molar-refractivity contribution in [1.29, 1.82) is 0 Å². The van der Waals surface area contributed by atoms with Gasteiger partial charge in [-0.25, -0.2) is 0 Å². The van der Waals surface area contributed by atoms with Crippen LogP contribution in [-0.2, 0) is 11.3 Å². The Kier molecular flexibility index (Phi) is 5.97. The average molecular weight is 313 g/mol. The summed E-state index contributed by atoms with van der Waals surface area (Å²) in [4.78, 5) is 25.8. The van der Waals surface area contributed by atoms with E-state index in [1.54, 1.807) is 18.3 Å². The average Bonchev–Trinajstić information content (AvgIpc) is 2.55. The maximum absolute atomic E-state index is 11.9. The van der Waals surface area contributed by atoms with Gasteiger partial charge in [-0.1, -0.05) is 24.3 Å². The molecule has 2 aromatic rings. The minimum Gasteiger partial charge on any atom is -0.370 e. The van der Waals surface area contributed by atoms with E-state index in [-0.39, 0.29) is 18.0 Å². The van der Waals surface area contributed by atoms with Crippen LogP contribution in [0.25, 0.3) is 0 Å². The minimum absolute atomic E-state index is 0.0517. The summed E-state index contributed by atoms with van der Waals surface area (Å²) in [5.74, 6) is -0.154. The lowest BCUT2D eigenvalue weighted by Gasteiger charge is -2.25. The topological polar surface area (TPSA) is 54.3 Å². The number of carbonyl (C=O) groups excluding carboxylic acids is 1. The molecule has 0 fully saturated rings. The molecule has 5 nitrogen and oxygen atoms in total. The van der Waals surface area contributed by atoms with Crippen LogP contribution in [0.2, 0.25) is 0 Å². The normalized spacial score (nSPS) is 10.3. The number of anilines is 1. The summed E-state index contributed by atoms with van der Waals surface area (Å²) in [6, 6.07) is 13.1. The van der Waals surface area contributed by atoms with Crippen molar-refractivity contribution in [2.45, 2.75) is 20.4 Å². The monoisotopic (exact) mass is 313 g/mol. The van der Waals surface area contributed by atoms with Crippen LogP contribution in [0.1, 0.15) is 12.5 Å². The summed E-state index contributed by atoms with van der Waals surface area (Å²) in [7, 11) is 0. The molecule has 2 rings (SSSR count). The first-order valence-corrected chi connectivity index (χ1v) is 7.84. The highest BCUT2D eigenvalue weighted by molar-refractivity contribution is 5.75. The van der Waals surface area contributed by atoms with Crippen molar-refractivity contribution < 1.29 is 4.79 Å². The second kappa shape index (κ2) is 8.17. The fourth-order valence-electron chi connectivity index (χ4n) is 2.50. The van der Waals surface area contributed by atoms with E-state index in [9.17, 15) is 9.59 Å². The highest BCUT2D eigenvalue weighted by Gasteiger charge is 2.08. The van der Waals surface area contributed by atoms with Gasteiger partial charge < -0.3 is 14.8 Å². The van der Waals surface area contributed by atoms with E-state index in [2.05, 4.69) is 36.2 Å². The molecule has 1 aromatic heterocycles. The summed E-state index contributed by atoms with van der Waals surface area (Å²) < 4.78 is 1.40. The predicted molar refractivity (Wildman–Crippen MR) is 92.8 cm³/mol. The number of hydrogen-bond donors (Lipinski definition) is 1. The van der Waals surface area contributed by atoms with Crippen LogP contribution in [0, 0.1) is 6.92 Å². The molecular weight excluding hydrogens is 290 g/mol. The maximum Gasteiger partial charge on any atom is 0.250 e. The van der Waals surface area contributed by atoms with E-state index in [0.29, 0.717) is 6.54 Å². The van der Waals surface area contributed by atoms with Gasteiger partial charge in [-0.3, -0.25) is 9.59 Å². The second-order valence-corrected chi connectivity index (χ2v) is 5.38. The molecule has 0 aliphatic heterocycles. The zero-order valence-electron chi connectivity index (χ0n) is 13.7. The molecule has 1 N–H and O–H groups in total. The quantitative estimate of drug-likeness (QED) is 0.848. The van der Waals surface area contributed by atoms with Crippen molar-refractivity contribution in [3.8, 4) is 0 Å². The van der Waals surface area contributed by atoms with E-state index in [1.165, 1.54) is 21.9 Å². The van der Waals surface area contributed by atoms with Crippen LogP contribution < -0.4 is 15.8 Å². The molecular formula is C18H23N3O2. The summed E-state index contributed by atoms with van der Waals surface area (Å²) in [6.07, 6.45) is 1.62. The highest BCUT2D eigenvalue weighted by Crippen LogP contribution is 2.18. The molecule has 0 unspecified atom stereocenters. The van der Waals surface area contributed by atoms with Crippen LogP contribution in [-0.4, -0.2) is 30.1 Å². The molecule has 0 saturated carbocycles. The lowest BCUT2D eigenvalue weighted by Crippen LogP contribution is -2.37. The van der Waals surface area contributed by atoms with Gasteiger partial charge in [0.15, 0.2) is 0 Å². The highest BCUT2D eigenvalue weighted by atomic mass is 16.2. The van der Waals surface area contributed by atoms with E-state index >= 15 is 0 Å². The number of pyridine rings is 1. The Balaban J connectivity index is 1.86. The number of amides is 1. The van der Waals surface area contributed by atoms with Gasteiger partial charge in [-0.15, -0.1) is 0 Å². The SMILES string of the molecule is CCN(CCNC(=O)Cn1ccccc1=O)c1ccccc1C. The molecule has 0 atom stereocenters. The summed E-state index contributed by atoms with van der Waals surface area (Å²) in [6.45, 7) is 6.38. The first-order valence-electron chi connectivity index (χ1n) is 7.84. The fourth-order valence-corrected chi connectivity index (χ4v) is 2.50. The molecule has 122 valence electrons. The van der Waals surface area contributed by atoms with E-state index in [4.69, 9.17) is 0 Å². The number of likely N-dealkylation sites (N-methyl/N-ethyl adjacent to an activating group) is 1. The van der Waals surface area contributed by atoms with Gasteiger partial charge in [-0.05, 0) is 31.5 Å². The van der Waals surface area contributed by atoms with Crippen molar-refractivity contribution in [1.82, 2.24) is 9.88 Å². The third-order valence-corrected chi connectivity index (χ3v) is 3.75. The first-order chi connectivity index (χ1) is 11.1. The molecule has 0 bridgehead atoms. The van der Waals surface area contributed by atoms with Gasteiger partial charge in [0.2, 0.25) is 5.91 Å². The molecule has 23 heavy (non-hydrogen) atoms.